The largest absolute Gasteiger partial charge is 0.378 e. The molecule has 2 heterocycles. The van der Waals surface area contributed by atoms with Gasteiger partial charge in [0.15, 0.2) is 9.84 Å². The zero-order chi connectivity index (χ0) is 13.2. The molecule has 0 radical (unpaired) electrons. The second kappa shape index (κ2) is 5.54. The van der Waals surface area contributed by atoms with Gasteiger partial charge in [-0.15, -0.1) is 0 Å². The fourth-order valence-electron chi connectivity index (χ4n) is 2.38. The molecule has 0 bridgehead atoms. The van der Waals surface area contributed by atoms with E-state index in [1.54, 1.807) is 4.90 Å². The van der Waals surface area contributed by atoms with Crippen molar-refractivity contribution in [1.29, 1.82) is 0 Å². The van der Waals surface area contributed by atoms with E-state index < -0.39 is 9.84 Å². The number of nitrogens with zero attached hydrogens (tertiary/aromatic N) is 2. The first-order valence-electron chi connectivity index (χ1n) is 6.24. The zero-order valence-electron chi connectivity index (χ0n) is 10.7. The molecule has 0 aromatic heterocycles. The van der Waals surface area contributed by atoms with Gasteiger partial charge in [0.2, 0.25) is 5.91 Å². The number of carbonyl (C=O) groups is 1. The number of hydrogen-bond donors (Lipinski definition) is 0. The Bertz CT molecular complexity index is 403. The molecule has 0 aliphatic carbocycles. The number of ether oxygens (including phenoxy) is 1. The Morgan fingerprint density at radius 2 is 2.06 bits per heavy atom. The standard InChI is InChI=1S/C11H20N2O4S/c1-12(10-2-7-18(15,16)9-10)8-11(14)13-3-5-17-6-4-13/h10H,2-9H2,1H3. The Kier molecular flexibility index (Phi) is 4.24. The number of carbonyl (C=O) groups excluding carboxylic acids is 1. The molecule has 104 valence electrons. The maximum Gasteiger partial charge on any atom is 0.236 e. The lowest BCUT2D eigenvalue weighted by atomic mass is 10.2. The maximum atomic E-state index is 12.0. The van der Waals surface area contributed by atoms with Crippen LogP contribution in [0.5, 0.6) is 0 Å². The molecule has 1 amide bonds. The second-order valence-corrected chi connectivity index (χ2v) is 7.19. The van der Waals surface area contributed by atoms with Gasteiger partial charge in [-0.1, -0.05) is 0 Å². The van der Waals surface area contributed by atoms with E-state index >= 15 is 0 Å². The molecule has 1 unspecified atom stereocenters. The second-order valence-electron chi connectivity index (χ2n) is 4.97. The first-order chi connectivity index (χ1) is 8.48. The average Bonchev–Trinajstić information content (AvgIpc) is 2.71. The third-order valence-corrected chi connectivity index (χ3v) is 5.33. The highest BCUT2D eigenvalue weighted by atomic mass is 32.2. The molecule has 7 heteroatoms. The van der Waals surface area contributed by atoms with Crippen LogP contribution in [0, 0.1) is 0 Å². The van der Waals surface area contributed by atoms with Crippen LogP contribution in [0.1, 0.15) is 6.42 Å². The fourth-order valence-corrected chi connectivity index (χ4v) is 4.18. The molecule has 0 aromatic carbocycles. The van der Waals surface area contributed by atoms with Crippen LogP contribution in [-0.4, -0.2) is 81.6 Å². The summed E-state index contributed by atoms with van der Waals surface area (Å²) in [5.41, 5.74) is 0. The predicted octanol–water partition coefficient (Wildman–Crippen LogP) is -1.04. The van der Waals surface area contributed by atoms with Crippen LogP contribution in [0.4, 0.5) is 0 Å². The quantitative estimate of drug-likeness (QED) is 0.659. The van der Waals surface area contributed by atoms with E-state index in [0.717, 1.165) is 0 Å². The van der Waals surface area contributed by atoms with Crippen molar-refractivity contribution in [3.05, 3.63) is 0 Å². The maximum absolute atomic E-state index is 12.0. The molecular weight excluding hydrogens is 256 g/mol. The molecule has 1 atom stereocenters. The molecule has 0 saturated carbocycles. The van der Waals surface area contributed by atoms with Crippen molar-refractivity contribution in [2.45, 2.75) is 12.5 Å². The molecular formula is C11H20N2O4S. The summed E-state index contributed by atoms with van der Waals surface area (Å²) in [5, 5.41) is 0. The van der Waals surface area contributed by atoms with Gasteiger partial charge >= 0.3 is 0 Å². The molecule has 2 rings (SSSR count). The van der Waals surface area contributed by atoms with E-state index in [4.69, 9.17) is 4.74 Å². The number of likely N-dealkylation sites (N-methyl/N-ethyl adjacent to an activating group) is 1. The van der Waals surface area contributed by atoms with Crippen molar-refractivity contribution in [2.24, 2.45) is 0 Å². The Morgan fingerprint density at radius 1 is 1.39 bits per heavy atom. The molecule has 2 aliphatic rings. The van der Waals surface area contributed by atoms with Crippen LogP contribution in [0.2, 0.25) is 0 Å². The highest BCUT2D eigenvalue weighted by Crippen LogP contribution is 2.16. The van der Waals surface area contributed by atoms with Gasteiger partial charge < -0.3 is 9.64 Å². The Hall–Kier alpha value is -0.660. The minimum atomic E-state index is -2.89. The zero-order valence-corrected chi connectivity index (χ0v) is 11.5. The van der Waals surface area contributed by atoms with E-state index in [2.05, 4.69) is 0 Å². The van der Waals surface area contributed by atoms with Crippen LogP contribution in [0.15, 0.2) is 0 Å². The van der Waals surface area contributed by atoms with Crippen molar-refractivity contribution in [3.8, 4) is 0 Å². The smallest absolute Gasteiger partial charge is 0.236 e. The molecule has 2 saturated heterocycles. The monoisotopic (exact) mass is 276 g/mol. The average molecular weight is 276 g/mol. The van der Waals surface area contributed by atoms with Gasteiger partial charge in [0, 0.05) is 19.1 Å². The van der Waals surface area contributed by atoms with Gasteiger partial charge in [0.1, 0.15) is 0 Å². The Morgan fingerprint density at radius 3 is 2.61 bits per heavy atom. The third kappa shape index (κ3) is 3.43. The van der Waals surface area contributed by atoms with Crippen molar-refractivity contribution < 1.29 is 17.9 Å². The first-order valence-corrected chi connectivity index (χ1v) is 8.06. The number of amides is 1. The summed E-state index contributed by atoms with van der Waals surface area (Å²) >= 11 is 0. The van der Waals surface area contributed by atoms with Crippen LogP contribution in [0.25, 0.3) is 0 Å². The van der Waals surface area contributed by atoms with E-state index in [1.165, 1.54) is 0 Å². The number of morpholine rings is 1. The van der Waals surface area contributed by atoms with Crippen molar-refractivity contribution in [2.75, 3.05) is 51.4 Å². The Balaban J connectivity index is 1.83. The molecule has 6 nitrogen and oxygen atoms in total. The summed E-state index contributed by atoms with van der Waals surface area (Å²) in [6.45, 7) is 2.74. The van der Waals surface area contributed by atoms with Crippen LogP contribution < -0.4 is 0 Å². The SMILES string of the molecule is CN(CC(=O)N1CCOCC1)C1CCS(=O)(=O)C1. The van der Waals surface area contributed by atoms with Gasteiger partial charge in [0.25, 0.3) is 0 Å². The van der Waals surface area contributed by atoms with E-state index in [0.29, 0.717) is 39.3 Å². The highest BCUT2D eigenvalue weighted by Gasteiger charge is 2.32. The summed E-state index contributed by atoms with van der Waals surface area (Å²) in [5.74, 6) is 0.485. The summed E-state index contributed by atoms with van der Waals surface area (Å²) in [6.07, 6.45) is 0.634. The lowest BCUT2D eigenvalue weighted by Crippen LogP contribution is -2.47. The van der Waals surface area contributed by atoms with Crippen LogP contribution in [-0.2, 0) is 19.4 Å². The first kappa shape index (κ1) is 13.8. The normalized spacial score (nSPS) is 27.7. The van der Waals surface area contributed by atoms with Gasteiger partial charge in [-0.3, -0.25) is 9.69 Å². The molecule has 0 aromatic rings. The van der Waals surface area contributed by atoms with Gasteiger partial charge in [-0.25, -0.2) is 8.42 Å². The van der Waals surface area contributed by atoms with E-state index in [-0.39, 0.29) is 23.5 Å². The molecule has 18 heavy (non-hydrogen) atoms. The minimum Gasteiger partial charge on any atom is -0.378 e. The number of hydrogen-bond acceptors (Lipinski definition) is 5. The van der Waals surface area contributed by atoms with Gasteiger partial charge in [-0.05, 0) is 13.5 Å². The van der Waals surface area contributed by atoms with Crippen molar-refractivity contribution in [1.82, 2.24) is 9.80 Å². The predicted molar refractivity (Wildman–Crippen MR) is 67.1 cm³/mol. The molecule has 2 aliphatic heterocycles. The lowest BCUT2D eigenvalue weighted by molar-refractivity contribution is -0.136. The number of sulfone groups is 1. The molecule has 0 N–H and O–H groups in total. The van der Waals surface area contributed by atoms with Crippen LogP contribution in [0.3, 0.4) is 0 Å². The Labute approximate surface area is 108 Å². The number of rotatable bonds is 3. The van der Waals surface area contributed by atoms with E-state index in [1.807, 2.05) is 11.9 Å². The summed E-state index contributed by atoms with van der Waals surface area (Å²) < 4.78 is 28.0. The van der Waals surface area contributed by atoms with E-state index in [9.17, 15) is 13.2 Å². The van der Waals surface area contributed by atoms with Crippen LogP contribution >= 0.6 is 0 Å². The summed E-state index contributed by atoms with van der Waals surface area (Å²) in [4.78, 5) is 15.7. The summed E-state index contributed by atoms with van der Waals surface area (Å²) in [7, 11) is -1.06. The minimum absolute atomic E-state index is 0.0139. The lowest BCUT2D eigenvalue weighted by Gasteiger charge is -2.30. The van der Waals surface area contributed by atoms with Gasteiger partial charge in [0.05, 0.1) is 31.3 Å². The third-order valence-electron chi connectivity index (χ3n) is 3.58. The fraction of sp³-hybridized carbons (Fsp3) is 0.909. The van der Waals surface area contributed by atoms with Gasteiger partial charge in [-0.2, -0.15) is 0 Å². The topological polar surface area (TPSA) is 66.9 Å². The summed E-state index contributed by atoms with van der Waals surface area (Å²) in [6, 6.07) is -0.0139. The van der Waals surface area contributed by atoms with Crippen molar-refractivity contribution in [3.63, 3.8) is 0 Å². The highest BCUT2D eigenvalue weighted by molar-refractivity contribution is 7.91. The molecule has 0 spiro atoms. The molecule has 2 fully saturated rings. The van der Waals surface area contributed by atoms with Crippen molar-refractivity contribution >= 4 is 15.7 Å².